The molecule has 0 atom stereocenters. The summed E-state index contributed by atoms with van der Waals surface area (Å²) in [6.45, 7) is 4.16. The first-order valence-electron chi connectivity index (χ1n) is 6.63. The fourth-order valence-corrected chi connectivity index (χ4v) is 1.96. The summed E-state index contributed by atoms with van der Waals surface area (Å²) >= 11 is 0. The monoisotopic (exact) mass is 292 g/mol. The molecule has 2 heterocycles. The summed E-state index contributed by atoms with van der Waals surface area (Å²) in [7, 11) is 0. The third-order valence-corrected chi connectivity index (χ3v) is 3.10. The van der Waals surface area contributed by atoms with Gasteiger partial charge in [0.2, 0.25) is 0 Å². The van der Waals surface area contributed by atoms with Crippen molar-refractivity contribution in [2.45, 2.75) is 33.2 Å². The van der Waals surface area contributed by atoms with Gasteiger partial charge < -0.3 is 19.4 Å². The number of aromatic carboxylic acids is 1. The largest absolute Gasteiger partial charge is 0.478 e. The SMILES string of the molecule is CCc1noc(CC)c1CNC(=O)c1cc(C(=O)O)co1. The number of carbonyl (C=O) groups is 2. The minimum atomic E-state index is -1.14. The summed E-state index contributed by atoms with van der Waals surface area (Å²) in [5.41, 5.74) is 1.60. The Morgan fingerprint density at radius 1 is 1.33 bits per heavy atom. The van der Waals surface area contributed by atoms with Crippen LogP contribution in [-0.4, -0.2) is 22.1 Å². The highest BCUT2D eigenvalue weighted by molar-refractivity contribution is 5.95. The predicted molar refractivity (Wildman–Crippen MR) is 72.1 cm³/mol. The number of aryl methyl sites for hydroxylation is 2. The molecule has 112 valence electrons. The number of nitrogens with zero attached hydrogens (tertiary/aromatic N) is 1. The van der Waals surface area contributed by atoms with E-state index in [1.54, 1.807) is 0 Å². The van der Waals surface area contributed by atoms with Crippen LogP contribution in [-0.2, 0) is 19.4 Å². The zero-order valence-corrected chi connectivity index (χ0v) is 11.8. The van der Waals surface area contributed by atoms with Crippen LogP contribution >= 0.6 is 0 Å². The van der Waals surface area contributed by atoms with E-state index in [1.165, 1.54) is 6.07 Å². The summed E-state index contributed by atoms with van der Waals surface area (Å²) in [6.07, 6.45) is 2.42. The van der Waals surface area contributed by atoms with Gasteiger partial charge in [0.25, 0.3) is 5.91 Å². The summed E-state index contributed by atoms with van der Waals surface area (Å²) < 4.78 is 10.1. The molecule has 1 amide bonds. The second-order valence-electron chi connectivity index (χ2n) is 4.43. The molecule has 0 bridgehead atoms. The van der Waals surface area contributed by atoms with Crippen LogP contribution in [0.2, 0.25) is 0 Å². The van der Waals surface area contributed by atoms with Crippen LogP contribution in [0.4, 0.5) is 0 Å². The second-order valence-corrected chi connectivity index (χ2v) is 4.43. The Morgan fingerprint density at radius 3 is 2.67 bits per heavy atom. The molecule has 0 saturated carbocycles. The molecule has 2 N–H and O–H groups in total. The number of amides is 1. The molecule has 21 heavy (non-hydrogen) atoms. The lowest BCUT2D eigenvalue weighted by molar-refractivity contribution is 0.0696. The van der Waals surface area contributed by atoms with E-state index in [-0.39, 0.29) is 17.9 Å². The van der Waals surface area contributed by atoms with E-state index in [4.69, 9.17) is 14.0 Å². The summed E-state index contributed by atoms with van der Waals surface area (Å²) in [6, 6.07) is 1.19. The molecule has 0 aromatic carbocycles. The van der Waals surface area contributed by atoms with Gasteiger partial charge in [-0.25, -0.2) is 4.79 Å². The quantitative estimate of drug-likeness (QED) is 0.843. The van der Waals surface area contributed by atoms with Gasteiger partial charge in [0.15, 0.2) is 5.76 Å². The van der Waals surface area contributed by atoms with Crippen LogP contribution < -0.4 is 5.32 Å². The molecular weight excluding hydrogens is 276 g/mol. The third-order valence-electron chi connectivity index (χ3n) is 3.10. The Balaban J connectivity index is 2.07. The molecule has 0 saturated heterocycles. The van der Waals surface area contributed by atoms with E-state index >= 15 is 0 Å². The molecule has 2 aromatic heterocycles. The van der Waals surface area contributed by atoms with Gasteiger partial charge in [-0.2, -0.15) is 0 Å². The van der Waals surface area contributed by atoms with Crippen molar-refractivity contribution in [3.63, 3.8) is 0 Å². The van der Waals surface area contributed by atoms with Crippen LogP contribution in [0.5, 0.6) is 0 Å². The van der Waals surface area contributed by atoms with E-state index in [9.17, 15) is 9.59 Å². The molecular formula is C14H16N2O5. The van der Waals surface area contributed by atoms with E-state index < -0.39 is 11.9 Å². The van der Waals surface area contributed by atoms with Crippen LogP contribution in [0.3, 0.4) is 0 Å². The number of hydrogen-bond acceptors (Lipinski definition) is 5. The van der Waals surface area contributed by atoms with Crippen molar-refractivity contribution in [2.24, 2.45) is 0 Å². The Hall–Kier alpha value is -2.57. The lowest BCUT2D eigenvalue weighted by Gasteiger charge is -2.03. The molecule has 0 radical (unpaired) electrons. The maximum atomic E-state index is 11.9. The van der Waals surface area contributed by atoms with Gasteiger partial charge in [0.05, 0.1) is 11.3 Å². The first-order chi connectivity index (χ1) is 10.1. The molecule has 0 aliphatic carbocycles. The minimum absolute atomic E-state index is 0.0417. The number of aromatic nitrogens is 1. The fraction of sp³-hybridized carbons (Fsp3) is 0.357. The van der Waals surface area contributed by atoms with Crippen molar-refractivity contribution in [3.8, 4) is 0 Å². The summed E-state index contributed by atoms with van der Waals surface area (Å²) in [4.78, 5) is 22.7. The fourth-order valence-electron chi connectivity index (χ4n) is 1.96. The topological polar surface area (TPSA) is 106 Å². The van der Waals surface area contributed by atoms with Gasteiger partial charge in [-0.1, -0.05) is 19.0 Å². The van der Waals surface area contributed by atoms with Crippen LogP contribution in [0.15, 0.2) is 21.3 Å². The van der Waals surface area contributed by atoms with Crippen molar-refractivity contribution in [1.29, 1.82) is 0 Å². The Morgan fingerprint density at radius 2 is 2.10 bits per heavy atom. The number of carboxylic acids is 1. The molecule has 0 unspecified atom stereocenters. The molecule has 2 aromatic rings. The number of rotatable bonds is 6. The van der Waals surface area contributed by atoms with E-state index in [2.05, 4.69) is 10.5 Å². The maximum Gasteiger partial charge on any atom is 0.338 e. The first-order valence-corrected chi connectivity index (χ1v) is 6.63. The molecule has 0 fully saturated rings. The van der Waals surface area contributed by atoms with Gasteiger partial charge in [-0.05, 0) is 6.42 Å². The average Bonchev–Trinajstić information content (AvgIpc) is 3.10. The number of furan rings is 1. The molecule has 2 rings (SSSR count). The van der Waals surface area contributed by atoms with Gasteiger partial charge in [-0.3, -0.25) is 4.79 Å². The number of carbonyl (C=O) groups excluding carboxylic acids is 1. The zero-order valence-electron chi connectivity index (χ0n) is 11.8. The van der Waals surface area contributed by atoms with E-state index in [0.29, 0.717) is 12.8 Å². The van der Waals surface area contributed by atoms with Crippen molar-refractivity contribution < 1.29 is 23.6 Å². The number of nitrogens with one attached hydrogen (secondary N) is 1. The normalized spacial score (nSPS) is 10.6. The highest BCUT2D eigenvalue weighted by atomic mass is 16.5. The molecule has 0 aliphatic heterocycles. The summed E-state index contributed by atoms with van der Waals surface area (Å²) in [5, 5.41) is 15.4. The number of hydrogen-bond donors (Lipinski definition) is 2. The molecule has 7 heteroatoms. The van der Waals surface area contributed by atoms with E-state index in [0.717, 1.165) is 23.3 Å². The maximum absolute atomic E-state index is 11.9. The van der Waals surface area contributed by atoms with Crippen molar-refractivity contribution in [2.75, 3.05) is 0 Å². The number of carboxylic acid groups (broad SMARTS) is 1. The van der Waals surface area contributed by atoms with Crippen LogP contribution in [0.1, 0.15) is 51.8 Å². The smallest absolute Gasteiger partial charge is 0.338 e. The first kappa shape index (κ1) is 14.8. The highest BCUT2D eigenvalue weighted by Gasteiger charge is 2.17. The zero-order chi connectivity index (χ0) is 15.4. The van der Waals surface area contributed by atoms with Gasteiger partial charge in [-0.15, -0.1) is 0 Å². The second kappa shape index (κ2) is 6.25. The Labute approximate surface area is 120 Å². The van der Waals surface area contributed by atoms with Gasteiger partial charge in [0.1, 0.15) is 12.0 Å². The van der Waals surface area contributed by atoms with E-state index in [1.807, 2.05) is 13.8 Å². The lowest BCUT2D eigenvalue weighted by Crippen LogP contribution is -2.23. The van der Waals surface area contributed by atoms with Crippen molar-refractivity contribution in [3.05, 3.63) is 40.7 Å². The predicted octanol–water partition coefficient (Wildman–Crippen LogP) is 2.02. The molecule has 0 aliphatic rings. The molecule has 0 spiro atoms. The average molecular weight is 292 g/mol. The minimum Gasteiger partial charge on any atom is -0.478 e. The summed E-state index contributed by atoms with van der Waals surface area (Å²) in [5.74, 6) is -0.927. The standard InChI is InChI=1S/C14H16N2O5/c1-3-10-9(11(4-2)21-16-10)6-15-13(17)12-5-8(7-20-12)14(18)19/h5,7H,3-4,6H2,1-2H3,(H,15,17)(H,18,19). The highest BCUT2D eigenvalue weighted by Crippen LogP contribution is 2.16. The third kappa shape index (κ3) is 3.13. The van der Waals surface area contributed by atoms with Crippen molar-refractivity contribution in [1.82, 2.24) is 10.5 Å². The van der Waals surface area contributed by atoms with Gasteiger partial charge >= 0.3 is 5.97 Å². The van der Waals surface area contributed by atoms with Crippen LogP contribution in [0.25, 0.3) is 0 Å². The van der Waals surface area contributed by atoms with Gasteiger partial charge in [0, 0.05) is 24.6 Å². The molecule has 7 nitrogen and oxygen atoms in total. The lowest BCUT2D eigenvalue weighted by atomic mass is 10.1. The van der Waals surface area contributed by atoms with Crippen molar-refractivity contribution >= 4 is 11.9 Å². The van der Waals surface area contributed by atoms with Crippen LogP contribution in [0, 0.1) is 0 Å². The Bertz CT molecular complexity index is 635. The Kier molecular flexibility index (Phi) is 4.42.